The lowest BCUT2D eigenvalue weighted by atomic mass is 10.1. The largest absolute Gasteiger partial charge is 0.366 e. The molecule has 1 amide bonds. The first-order chi connectivity index (χ1) is 11.2. The van der Waals surface area contributed by atoms with Crippen LogP contribution in [0.4, 0.5) is 10.8 Å². The minimum absolute atomic E-state index is 0.412. The second-order valence-electron chi connectivity index (χ2n) is 4.71. The van der Waals surface area contributed by atoms with E-state index in [1.54, 1.807) is 23.9 Å². The van der Waals surface area contributed by atoms with Crippen molar-refractivity contribution in [3.63, 3.8) is 0 Å². The van der Waals surface area contributed by atoms with E-state index in [1.807, 2.05) is 42.5 Å². The van der Waals surface area contributed by atoms with Crippen molar-refractivity contribution in [2.24, 2.45) is 5.73 Å². The molecule has 5 nitrogen and oxygen atoms in total. The van der Waals surface area contributed by atoms with Crippen LogP contribution >= 0.6 is 23.1 Å². The Balaban J connectivity index is 1.57. The summed E-state index contributed by atoms with van der Waals surface area (Å²) in [5, 5.41) is 12.3. The van der Waals surface area contributed by atoms with Crippen molar-refractivity contribution in [1.29, 1.82) is 0 Å². The first-order valence-electron chi connectivity index (χ1n) is 6.88. The predicted molar refractivity (Wildman–Crippen MR) is 94.2 cm³/mol. The van der Waals surface area contributed by atoms with Gasteiger partial charge in [-0.05, 0) is 29.8 Å². The molecular formula is C16H14N4OS2. The lowest BCUT2D eigenvalue weighted by Crippen LogP contribution is -2.10. The normalized spacial score (nSPS) is 10.4. The van der Waals surface area contributed by atoms with Gasteiger partial charge in [0, 0.05) is 17.0 Å². The van der Waals surface area contributed by atoms with Gasteiger partial charge in [0.2, 0.25) is 11.0 Å². The quantitative estimate of drug-likeness (QED) is 0.668. The van der Waals surface area contributed by atoms with Crippen molar-refractivity contribution in [2.45, 2.75) is 10.1 Å². The number of amides is 1. The van der Waals surface area contributed by atoms with Crippen molar-refractivity contribution < 1.29 is 4.79 Å². The van der Waals surface area contributed by atoms with Gasteiger partial charge in [-0.25, -0.2) is 0 Å². The van der Waals surface area contributed by atoms with E-state index in [9.17, 15) is 4.79 Å². The predicted octanol–water partition coefficient (Wildman–Crippen LogP) is 3.67. The van der Waals surface area contributed by atoms with Crippen LogP contribution in [0.15, 0.2) is 58.9 Å². The fourth-order valence-corrected chi connectivity index (χ4v) is 3.60. The van der Waals surface area contributed by atoms with Crippen LogP contribution in [0.5, 0.6) is 0 Å². The van der Waals surface area contributed by atoms with Crippen LogP contribution in [-0.2, 0) is 5.75 Å². The van der Waals surface area contributed by atoms with Crippen LogP contribution < -0.4 is 11.1 Å². The number of thioether (sulfide) groups is 1. The topological polar surface area (TPSA) is 80.9 Å². The molecular weight excluding hydrogens is 328 g/mol. The Bertz CT molecular complexity index is 787. The number of aromatic nitrogens is 2. The van der Waals surface area contributed by atoms with Crippen LogP contribution in [0, 0.1) is 0 Å². The van der Waals surface area contributed by atoms with Gasteiger partial charge in [-0.1, -0.05) is 53.4 Å². The molecule has 2 aromatic carbocycles. The van der Waals surface area contributed by atoms with Crippen molar-refractivity contribution >= 4 is 39.8 Å². The van der Waals surface area contributed by atoms with Crippen molar-refractivity contribution in [2.75, 3.05) is 5.32 Å². The number of nitrogens with two attached hydrogens (primary N) is 1. The molecule has 0 radical (unpaired) electrons. The summed E-state index contributed by atoms with van der Waals surface area (Å²) in [6, 6.07) is 17.1. The average Bonchev–Trinajstić information content (AvgIpc) is 3.02. The molecule has 0 aliphatic rings. The number of nitrogens with zero attached hydrogens (tertiary/aromatic N) is 2. The van der Waals surface area contributed by atoms with Gasteiger partial charge in [0.15, 0.2) is 4.34 Å². The second kappa shape index (κ2) is 7.26. The number of hydrogen-bond acceptors (Lipinski definition) is 6. The maximum Gasteiger partial charge on any atom is 0.248 e. The molecule has 0 aliphatic carbocycles. The number of benzene rings is 2. The molecule has 1 heterocycles. The highest BCUT2D eigenvalue weighted by molar-refractivity contribution is 8.00. The van der Waals surface area contributed by atoms with Gasteiger partial charge in [-0.15, -0.1) is 10.2 Å². The van der Waals surface area contributed by atoms with Gasteiger partial charge < -0.3 is 11.1 Å². The number of carbonyl (C=O) groups is 1. The molecule has 0 bridgehead atoms. The molecule has 3 rings (SSSR count). The molecule has 1 aromatic heterocycles. The van der Waals surface area contributed by atoms with Gasteiger partial charge in [0.25, 0.3) is 0 Å². The third kappa shape index (κ3) is 4.30. The smallest absolute Gasteiger partial charge is 0.248 e. The van der Waals surface area contributed by atoms with Gasteiger partial charge >= 0.3 is 0 Å². The van der Waals surface area contributed by atoms with E-state index in [0.29, 0.717) is 5.56 Å². The third-order valence-electron chi connectivity index (χ3n) is 3.03. The molecule has 0 aliphatic heterocycles. The Morgan fingerprint density at radius 1 is 1.09 bits per heavy atom. The SMILES string of the molecule is NC(=O)c1ccc(CSc2nnc(Nc3ccccc3)s2)cc1. The standard InChI is InChI=1S/C16H14N4OS2/c17-14(21)12-8-6-11(7-9-12)10-22-16-20-19-15(23-16)18-13-4-2-1-3-5-13/h1-9H,10H2,(H2,17,21)(H,18,19). The Labute approximate surface area is 141 Å². The van der Waals surface area contributed by atoms with Gasteiger partial charge in [0.1, 0.15) is 0 Å². The summed E-state index contributed by atoms with van der Waals surface area (Å²) >= 11 is 3.12. The highest BCUT2D eigenvalue weighted by atomic mass is 32.2. The summed E-state index contributed by atoms with van der Waals surface area (Å²) in [5.41, 5.74) is 7.84. The summed E-state index contributed by atoms with van der Waals surface area (Å²) in [5.74, 6) is 0.351. The minimum Gasteiger partial charge on any atom is -0.366 e. The molecule has 23 heavy (non-hydrogen) atoms. The van der Waals surface area contributed by atoms with Crippen LogP contribution in [0.3, 0.4) is 0 Å². The number of para-hydroxylation sites is 1. The van der Waals surface area contributed by atoms with Gasteiger partial charge in [0.05, 0.1) is 0 Å². The van der Waals surface area contributed by atoms with Crippen LogP contribution in [-0.4, -0.2) is 16.1 Å². The van der Waals surface area contributed by atoms with Crippen LogP contribution in [0.25, 0.3) is 0 Å². The van der Waals surface area contributed by atoms with E-state index in [4.69, 9.17) is 5.73 Å². The zero-order chi connectivity index (χ0) is 16.1. The molecule has 0 fully saturated rings. The first-order valence-corrected chi connectivity index (χ1v) is 8.68. The maximum atomic E-state index is 11.0. The molecule has 3 N–H and O–H groups in total. The zero-order valence-electron chi connectivity index (χ0n) is 12.1. The number of hydrogen-bond donors (Lipinski definition) is 2. The van der Waals surface area contributed by atoms with E-state index in [1.165, 1.54) is 11.3 Å². The number of rotatable bonds is 6. The summed E-state index contributed by atoms with van der Waals surface area (Å²) in [6.45, 7) is 0. The highest BCUT2D eigenvalue weighted by Gasteiger charge is 2.06. The van der Waals surface area contributed by atoms with Gasteiger partial charge in [-0.3, -0.25) is 4.79 Å². The Morgan fingerprint density at radius 2 is 1.83 bits per heavy atom. The third-order valence-corrected chi connectivity index (χ3v) is 5.08. The summed E-state index contributed by atoms with van der Waals surface area (Å²) in [7, 11) is 0. The summed E-state index contributed by atoms with van der Waals surface area (Å²) < 4.78 is 0.891. The maximum absolute atomic E-state index is 11.0. The number of nitrogens with one attached hydrogen (secondary N) is 1. The molecule has 0 unspecified atom stereocenters. The van der Waals surface area contributed by atoms with Crippen molar-refractivity contribution in [1.82, 2.24) is 10.2 Å². The average molecular weight is 342 g/mol. The van der Waals surface area contributed by atoms with E-state index >= 15 is 0 Å². The Morgan fingerprint density at radius 3 is 2.52 bits per heavy atom. The molecule has 116 valence electrons. The summed E-state index contributed by atoms with van der Waals surface area (Å²) in [4.78, 5) is 11.0. The first kappa shape index (κ1) is 15.5. The Hall–Kier alpha value is -2.38. The molecule has 7 heteroatoms. The molecule has 0 atom stereocenters. The van der Waals surface area contributed by atoms with E-state index < -0.39 is 5.91 Å². The fourth-order valence-electron chi connectivity index (χ4n) is 1.87. The second-order valence-corrected chi connectivity index (χ2v) is 6.91. The zero-order valence-corrected chi connectivity index (χ0v) is 13.7. The number of primary amides is 1. The molecule has 3 aromatic rings. The van der Waals surface area contributed by atoms with E-state index in [-0.39, 0.29) is 0 Å². The number of carbonyl (C=O) groups excluding carboxylic acids is 1. The highest BCUT2D eigenvalue weighted by Crippen LogP contribution is 2.29. The molecule has 0 saturated heterocycles. The van der Waals surface area contributed by atoms with E-state index in [2.05, 4.69) is 15.5 Å². The minimum atomic E-state index is -0.412. The molecule has 0 spiro atoms. The van der Waals surface area contributed by atoms with Crippen LogP contribution in [0.2, 0.25) is 0 Å². The summed E-state index contributed by atoms with van der Waals surface area (Å²) in [6.07, 6.45) is 0. The van der Waals surface area contributed by atoms with Crippen LogP contribution in [0.1, 0.15) is 15.9 Å². The Kier molecular flexibility index (Phi) is 4.89. The number of anilines is 2. The molecule has 0 saturated carbocycles. The lowest BCUT2D eigenvalue weighted by Gasteiger charge is -2.00. The van der Waals surface area contributed by atoms with Crippen molar-refractivity contribution in [3.05, 3.63) is 65.7 Å². The lowest BCUT2D eigenvalue weighted by molar-refractivity contribution is 0.100. The van der Waals surface area contributed by atoms with Crippen molar-refractivity contribution in [3.8, 4) is 0 Å². The monoisotopic (exact) mass is 342 g/mol. The van der Waals surface area contributed by atoms with Gasteiger partial charge in [-0.2, -0.15) is 0 Å². The fraction of sp³-hybridized carbons (Fsp3) is 0.0625. The van der Waals surface area contributed by atoms with E-state index in [0.717, 1.165) is 26.5 Å².